The van der Waals surface area contributed by atoms with E-state index in [1.807, 2.05) is 18.0 Å². The van der Waals surface area contributed by atoms with Gasteiger partial charge in [0.1, 0.15) is 10.7 Å². The number of ether oxygens (including phenoxy) is 1. The van der Waals surface area contributed by atoms with Crippen LogP contribution in [0.2, 0.25) is 0 Å². The third kappa shape index (κ3) is 3.91. The Morgan fingerprint density at radius 3 is 2.82 bits per heavy atom. The summed E-state index contributed by atoms with van der Waals surface area (Å²) in [6, 6.07) is 9.48. The molecule has 22 heavy (non-hydrogen) atoms. The second-order valence-corrected chi connectivity index (χ2v) is 6.09. The lowest BCUT2D eigenvalue weighted by Crippen LogP contribution is -2.26. The number of benzene rings is 1. The highest BCUT2D eigenvalue weighted by Crippen LogP contribution is 2.24. The predicted octanol–water partition coefficient (Wildman–Crippen LogP) is 2.84. The molecule has 6 heteroatoms. The molecule has 0 radical (unpaired) electrons. The number of carbonyl (C=O) groups is 1. The van der Waals surface area contributed by atoms with Crippen LogP contribution >= 0.6 is 11.3 Å². The van der Waals surface area contributed by atoms with Crippen molar-refractivity contribution in [3.63, 3.8) is 0 Å². The molecule has 0 aliphatic heterocycles. The van der Waals surface area contributed by atoms with Crippen LogP contribution in [-0.4, -0.2) is 36.7 Å². The van der Waals surface area contributed by atoms with Crippen LogP contribution in [0.5, 0.6) is 0 Å². The van der Waals surface area contributed by atoms with Gasteiger partial charge in [-0.15, -0.1) is 11.3 Å². The zero-order valence-electron chi connectivity index (χ0n) is 12.5. The van der Waals surface area contributed by atoms with E-state index in [1.165, 1.54) is 30.6 Å². The van der Waals surface area contributed by atoms with E-state index in [1.54, 1.807) is 18.2 Å². The molecule has 2 aromatic rings. The minimum absolute atomic E-state index is 0.116. The van der Waals surface area contributed by atoms with Crippen LogP contribution in [0.15, 0.2) is 36.4 Å². The Morgan fingerprint density at radius 2 is 2.18 bits per heavy atom. The van der Waals surface area contributed by atoms with Crippen molar-refractivity contribution >= 4 is 17.3 Å². The number of likely N-dealkylation sites (N-methyl/N-ethyl adjacent to an activating group) is 1. The normalized spacial score (nSPS) is 12.4. The van der Waals surface area contributed by atoms with E-state index in [9.17, 15) is 14.3 Å². The highest BCUT2D eigenvalue weighted by molar-refractivity contribution is 7.13. The average Bonchev–Trinajstić information content (AvgIpc) is 2.95. The van der Waals surface area contributed by atoms with Crippen molar-refractivity contribution in [2.75, 3.05) is 20.8 Å². The van der Waals surface area contributed by atoms with E-state index in [0.29, 0.717) is 11.4 Å². The summed E-state index contributed by atoms with van der Waals surface area (Å²) in [5.41, 5.74) is 0.717. The first-order valence-corrected chi connectivity index (χ1v) is 7.60. The Hall–Kier alpha value is -1.76. The second-order valence-electron chi connectivity index (χ2n) is 4.93. The fourth-order valence-corrected chi connectivity index (χ4v) is 3.23. The number of carbonyl (C=O) groups excluding carboxylic acids is 1. The number of aliphatic hydroxyl groups is 1. The first-order valence-electron chi connectivity index (χ1n) is 6.78. The predicted molar refractivity (Wildman–Crippen MR) is 83.4 cm³/mol. The van der Waals surface area contributed by atoms with E-state index in [2.05, 4.69) is 4.74 Å². The zero-order chi connectivity index (χ0) is 16.1. The molecule has 0 bridgehead atoms. The third-order valence-corrected chi connectivity index (χ3v) is 4.44. The first kappa shape index (κ1) is 16.6. The maximum absolute atomic E-state index is 13.3. The highest BCUT2D eigenvalue weighted by atomic mass is 32.1. The monoisotopic (exact) mass is 323 g/mol. The topological polar surface area (TPSA) is 49.8 Å². The molecule has 0 saturated carbocycles. The molecule has 1 heterocycles. The number of methoxy groups -OCH3 is 1. The number of thiophene rings is 1. The van der Waals surface area contributed by atoms with Gasteiger partial charge >= 0.3 is 5.97 Å². The maximum atomic E-state index is 13.3. The maximum Gasteiger partial charge on any atom is 0.348 e. The minimum Gasteiger partial charge on any atom is -0.465 e. The van der Waals surface area contributed by atoms with E-state index >= 15 is 0 Å². The summed E-state index contributed by atoms with van der Waals surface area (Å²) in [4.78, 5) is 14.9. The highest BCUT2D eigenvalue weighted by Gasteiger charge is 2.18. The molecule has 0 aliphatic carbocycles. The van der Waals surface area contributed by atoms with Crippen LogP contribution in [0, 0.1) is 5.82 Å². The van der Waals surface area contributed by atoms with Crippen molar-refractivity contribution in [1.29, 1.82) is 0 Å². The second kappa shape index (κ2) is 7.49. The lowest BCUT2D eigenvalue weighted by Gasteiger charge is -2.26. The molecule has 1 aromatic carbocycles. The molecule has 1 unspecified atom stereocenters. The number of halogens is 1. The lowest BCUT2D eigenvalue weighted by molar-refractivity contribution is 0.0606. The molecular weight excluding hydrogens is 305 g/mol. The third-order valence-electron chi connectivity index (χ3n) is 3.39. The van der Waals surface area contributed by atoms with Gasteiger partial charge in [0.2, 0.25) is 0 Å². The summed E-state index contributed by atoms with van der Waals surface area (Å²) in [6.07, 6.45) is 0. The van der Waals surface area contributed by atoms with Crippen molar-refractivity contribution in [2.24, 2.45) is 0 Å². The SMILES string of the molecule is COC(=O)c1ccc(CN(C)C(CO)c2cccc(F)c2)s1. The Labute approximate surface area is 132 Å². The number of nitrogens with zero attached hydrogens (tertiary/aromatic N) is 1. The molecule has 1 N–H and O–H groups in total. The van der Waals surface area contributed by atoms with Crippen molar-refractivity contribution < 1.29 is 19.0 Å². The Balaban J connectivity index is 2.11. The van der Waals surface area contributed by atoms with Gasteiger partial charge in [-0.25, -0.2) is 9.18 Å². The molecule has 0 saturated heterocycles. The summed E-state index contributed by atoms with van der Waals surface area (Å²) in [7, 11) is 3.20. The van der Waals surface area contributed by atoms with Crippen LogP contribution in [0.4, 0.5) is 4.39 Å². The smallest absolute Gasteiger partial charge is 0.348 e. The van der Waals surface area contributed by atoms with Crippen molar-refractivity contribution in [3.8, 4) is 0 Å². The van der Waals surface area contributed by atoms with E-state index in [-0.39, 0.29) is 24.4 Å². The molecule has 4 nitrogen and oxygen atoms in total. The Kier molecular flexibility index (Phi) is 5.65. The van der Waals surface area contributed by atoms with Gasteiger partial charge in [0, 0.05) is 11.4 Å². The Morgan fingerprint density at radius 1 is 1.41 bits per heavy atom. The molecule has 118 valence electrons. The number of aliphatic hydroxyl groups excluding tert-OH is 1. The van der Waals surface area contributed by atoms with Gasteiger partial charge in [0.15, 0.2) is 0 Å². The van der Waals surface area contributed by atoms with Gasteiger partial charge in [0.25, 0.3) is 0 Å². The van der Waals surface area contributed by atoms with Gasteiger partial charge in [0.05, 0.1) is 19.8 Å². The average molecular weight is 323 g/mol. The molecule has 1 aromatic heterocycles. The molecule has 0 fully saturated rings. The number of esters is 1. The van der Waals surface area contributed by atoms with E-state index < -0.39 is 0 Å². The van der Waals surface area contributed by atoms with Crippen LogP contribution in [0.1, 0.15) is 26.2 Å². The fraction of sp³-hybridized carbons (Fsp3) is 0.312. The summed E-state index contributed by atoms with van der Waals surface area (Å²) in [5, 5.41) is 9.62. The zero-order valence-corrected chi connectivity index (χ0v) is 13.3. The molecule has 0 aliphatic rings. The molecule has 1 atom stereocenters. The van der Waals surface area contributed by atoms with Gasteiger partial charge < -0.3 is 9.84 Å². The van der Waals surface area contributed by atoms with Gasteiger partial charge in [-0.2, -0.15) is 0 Å². The summed E-state index contributed by atoms with van der Waals surface area (Å²) < 4.78 is 18.0. The molecule has 0 spiro atoms. The van der Waals surface area contributed by atoms with Crippen molar-refractivity contribution in [3.05, 3.63) is 57.5 Å². The van der Waals surface area contributed by atoms with Crippen LogP contribution in [-0.2, 0) is 11.3 Å². The standard InChI is InChI=1S/C16H18FNO3S/c1-18(9-13-6-7-15(22-13)16(20)21-2)14(10-19)11-4-3-5-12(17)8-11/h3-8,14,19H,9-10H2,1-2H3. The van der Waals surface area contributed by atoms with Gasteiger partial charge in [-0.1, -0.05) is 12.1 Å². The summed E-state index contributed by atoms with van der Waals surface area (Å²) in [5.74, 6) is -0.684. The Bertz CT molecular complexity index is 644. The number of rotatable bonds is 6. The van der Waals surface area contributed by atoms with Gasteiger partial charge in [-0.3, -0.25) is 4.90 Å². The largest absolute Gasteiger partial charge is 0.465 e. The van der Waals surface area contributed by atoms with Crippen molar-refractivity contribution in [2.45, 2.75) is 12.6 Å². The number of hydrogen-bond acceptors (Lipinski definition) is 5. The molecule has 2 rings (SSSR count). The van der Waals surface area contributed by atoms with Crippen LogP contribution in [0.3, 0.4) is 0 Å². The summed E-state index contributed by atoms with van der Waals surface area (Å²) in [6.45, 7) is 0.429. The van der Waals surface area contributed by atoms with E-state index in [4.69, 9.17) is 0 Å². The van der Waals surface area contributed by atoms with Gasteiger partial charge in [-0.05, 0) is 36.9 Å². The lowest BCUT2D eigenvalue weighted by atomic mass is 10.1. The summed E-state index contributed by atoms with van der Waals surface area (Å²) >= 11 is 1.35. The van der Waals surface area contributed by atoms with E-state index in [0.717, 1.165) is 10.4 Å². The number of hydrogen-bond donors (Lipinski definition) is 1. The fourth-order valence-electron chi connectivity index (χ4n) is 2.24. The van der Waals surface area contributed by atoms with Crippen LogP contribution in [0.25, 0.3) is 0 Å². The van der Waals surface area contributed by atoms with Crippen molar-refractivity contribution in [1.82, 2.24) is 4.90 Å². The van der Waals surface area contributed by atoms with Crippen LogP contribution < -0.4 is 0 Å². The minimum atomic E-state index is -0.359. The molecule has 0 amide bonds. The first-order chi connectivity index (χ1) is 10.5. The quantitative estimate of drug-likeness (QED) is 0.831. The molecular formula is C16H18FNO3S.